The molecule has 0 saturated heterocycles. The molecule has 0 spiro atoms. The minimum Gasteiger partial charge on any atom is -0.394 e. The average molecular weight is 238 g/mol. The summed E-state index contributed by atoms with van der Waals surface area (Å²) in [6.45, 7) is -0.729. The number of hydrogen-bond acceptors (Lipinski definition) is 3. The van der Waals surface area contributed by atoms with Crippen LogP contribution in [0.1, 0.15) is 0 Å². The Kier molecular flexibility index (Phi) is 68.6. The van der Waals surface area contributed by atoms with Crippen LogP contribution in [0.2, 0.25) is 0 Å². The number of aliphatic hydroxyl groups is 3. The molecule has 0 bridgehead atoms. The fourth-order valence-electron chi connectivity index (χ4n) is 0.0577. The minimum atomic E-state index is -0.954. The lowest BCUT2D eigenvalue weighted by molar-refractivity contribution is 0.0450. The van der Waals surface area contributed by atoms with E-state index < -0.39 is 6.10 Å². The van der Waals surface area contributed by atoms with E-state index in [-0.39, 0.29) is 62.8 Å². The van der Waals surface area contributed by atoms with Gasteiger partial charge < -0.3 is 15.3 Å². The molecule has 0 radical (unpaired) electrons. The van der Waals surface area contributed by atoms with Gasteiger partial charge in [0, 0.05) is 0 Å². The van der Waals surface area contributed by atoms with Crippen molar-refractivity contribution in [3.8, 4) is 0 Å². The van der Waals surface area contributed by atoms with Crippen LogP contribution in [-0.2, 0) is 0 Å². The maximum atomic E-state index is 8.17. The van der Waals surface area contributed by atoms with Gasteiger partial charge in [0.2, 0.25) is 0 Å². The summed E-state index contributed by atoms with van der Waals surface area (Å²) in [5.41, 5.74) is 0. The van der Waals surface area contributed by atoms with Crippen LogP contribution >= 0.6 is 49.6 Å². The predicted octanol–water partition coefficient (Wildman–Crippen LogP) is 0.0191. The van der Waals surface area contributed by atoms with Crippen molar-refractivity contribution in [2.45, 2.75) is 6.10 Å². The molecular formula is C3H12Cl4O3. The van der Waals surface area contributed by atoms with E-state index >= 15 is 0 Å². The van der Waals surface area contributed by atoms with Crippen LogP contribution in [0.15, 0.2) is 0 Å². The molecule has 0 rings (SSSR count). The molecule has 0 aliphatic rings. The Morgan fingerprint density at radius 1 is 0.800 bits per heavy atom. The summed E-state index contributed by atoms with van der Waals surface area (Å²) >= 11 is 0. The van der Waals surface area contributed by atoms with Crippen molar-refractivity contribution < 1.29 is 15.3 Å². The normalized spacial score (nSPS) is 6.00. The summed E-state index contributed by atoms with van der Waals surface area (Å²) in [6.07, 6.45) is -0.954. The molecular weight excluding hydrogens is 226 g/mol. The Bertz CT molecular complexity index is 34.9. The quantitative estimate of drug-likeness (QED) is 0.635. The van der Waals surface area contributed by atoms with E-state index in [9.17, 15) is 0 Å². The fraction of sp³-hybridized carbons (Fsp3) is 1.00. The lowest BCUT2D eigenvalue weighted by Gasteiger charge is -1.96. The minimum absolute atomic E-state index is 0. The van der Waals surface area contributed by atoms with Crippen molar-refractivity contribution in [2.75, 3.05) is 13.2 Å². The second kappa shape index (κ2) is 22.5. The summed E-state index contributed by atoms with van der Waals surface area (Å²) in [7, 11) is 0. The molecule has 0 saturated carbocycles. The first-order valence-electron chi connectivity index (χ1n) is 1.71. The van der Waals surface area contributed by atoms with Gasteiger partial charge in [-0.2, -0.15) is 0 Å². The van der Waals surface area contributed by atoms with Crippen LogP contribution in [0.4, 0.5) is 0 Å². The van der Waals surface area contributed by atoms with E-state index in [0.29, 0.717) is 0 Å². The number of hydrogen-bond donors (Lipinski definition) is 3. The Hall–Kier alpha value is 1.04. The molecule has 10 heavy (non-hydrogen) atoms. The first-order valence-corrected chi connectivity index (χ1v) is 1.71. The van der Waals surface area contributed by atoms with Crippen molar-refractivity contribution in [1.82, 2.24) is 0 Å². The second-order valence-corrected chi connectivity index (χ2v) is 1.02. The Labute approximate surface area is 84.5 Å². The van der Waals surface area contributed by atoms with E-state index in [2.05, 4.69) is 0 Å². The third-order valence-corrected chi connectivity index (χ3v) is 0.421. The number of halogens is 4. The summed E-state index contributed by atoms with van der Waals surface area (Å²) in [5, 5.41) is 24.0. The summed E-state index contributed by atoms with van der Waals surface area (Å²) < 4.78 is 0. The van der Waals surface area contributed by atoms with Gasteiger partial charge in [0.1, 0.15) is 6.10 Å². The highest BCUT2D eigenvalue weighted by Gasteiger charge is 1.93. The van der Waals surface area contributed by atoms with Gasteiger partial charge >= 0.3 is 0 Å². The fourth-order valence-corrected chi connectivity index (χ4v) is 0.0577. The highest BCUT2D eigenvalue weighted by atomic mass is 35.5. The monoisotopic (exact) mass is 236 g/mol. The molecule has 3 nitrogen and oxygen atoms in total. The van der Waals surface area contributed by atoms with Crippen molar-refractivity contribution in [3.63, 3.8) is 0 Å². The number of aliphatic hydroxyl groups excluding tert-OH is 3. The molecule has 0 fully saturated rings. The Morgan fingerprint density at radius 3 is 1.00 bits per heavy atom. The van der Waals surface area contributed by atoms with Gasteiger partial charge in [-0.15, -0.1) is 49.6 Å². The molecule has 0 heterocycles. The van der Waals surface area contributed by atoms with Gasteiger partial charge in [0.25, 0.3) is 0 Å². The van der Waals surface area contributed by atoms with Crippen molar-refractivity contribution >= 4 is 49.6 Å². The van der Waals surface area contributed by atoms with E-state index in [4.69, 9.17) is 15.3 Å². The number of rotatable bonds is 2. The van der Waals surface area contributed by atoms with E-state index in [1.165, 1.54) is 0 Å². The largest absolute Gasteiger partial charge is 0.394 e. The van der Waals surface area contributed by atoms with Crippen LogP contribution < -0.4 is 0 Å². The molecule has 7 heteroatoms. The van der Waals surface area contributed by atoms with Gasteiger partial charge in [-0.3, -0.25) is 0 Å². The third-order valence-electron chi connectivity index (χ3n) is 0.421. The van der Waals surface area contributed by atoms with Crippen LogP contribution in [0.3, 0.4) is 0 Å². The van der Waals surface area contributed by atoms with Crippen LogP contribution in [0, 0.1) is 0 Å². The lowest BCUT2D eigenvalue weighted by atomic mass is 10.4. The standard InChI is InChI=1S/C3H8O3.4ClH/c4-1-3(6)2-5;;;;/h3-6H,1-2H2;4*1H. The zero-order valence-corrected chi connectivity index (χ0v) is 8.23. The third kappa shape index (κ3) is 23.0. The maximum absolute atomic E-state index is 8.17. The topological polar surface area (TPSA) is 60.7 Å². The molecule has 0 amide bonds. The molecule has 0 aromatic heterocycles. The SMILES string of the molecule is Cl.Cl.Cl.Cl.OCC(O)CO. The van der Waals surface area contributed by atoms with E-state index in [1.54, 1.807) is 0 Å². The van der Waals surface area contributed by atoms with Gasteiger partial charge in [-0.25, -0.2) is 0 Å². The van der Waals surface area contributed by atoms with E-state index in [1.807, 2.05) is 0 Å². The summed E-state index contributed by atoms with van der Waals surface area (Å²) in [5.74, 6) is 0. The van der Waals surface area contributed by atoms with Gasteiger partial charge in [-0.05, 0) is 0 Å². The average Bonchev–Trinajstić information content (AvgIpc) is 1.65. The van der Waals surface area contributed by atoms with Gasteiger partial charge in [-0.1, -0.05) is 0 Å². The van der Waals surface area contributed by atoms with Crippen molar-refractivity contribution in [1.29, 1.82) is 0 Å². The van der Waals surface area contributed by atoms with Crippen molar-refractivity contribution in [3.05, 3.63) is 0 Å². The summed E-state index contributed by atoms with van der Waals surface area (Å²) in [4.78, 5) is 0. The lowest BCUT2D eigenvalue weighted by Crippen LogP contribution is -2.15. The zero-order valence-electron chi connectivity index (χ0n) is 4.97. The molecule has 0 unspecified atom stereocenters. The smallest absolute Gasteiger partial charge is 0.100 e. The summed E-state index contributed by atoms with van der Waals surface area (Å²) in [6, 6.07) is 0. The van der Waals surface area contributed by atoms with Crippen LogP contribution in [0.5, 0.6) is 0 Å². The highest BCUT2D eigenvalue weighted by molar-refractivity contribution is 5.86. The molecule has 0 aliphatic carbocycles. The van der Waals surface area contributed by atoms with E-state index in [0.717, 1.165) is 0 Å². The molecule has 0 aliphatic heterocycles. The molecule has 0 atom stereocenters. The first kappa shape index (κ1) is 30.5. The Balaban J connectivity index is -0.0000000208. The van der Waals surface area contributed by atoms with Crippen LogP contribution in [0.25, 0.3) is 0 Å². The van der Waals surface area contributed by atoms with Crippen molar-refractivity contribution in [2.24, 2.45) is 0 Å². The molecule has 0 aromatic carbocycles. The highest BCUT2D eigenvalue weighted by Crippen LogP contribution is 1.71. The first-order chi connectivity index (χ1) is 2.81. The second-order valence-electron chi connectivity index (χ2n) is 1.02. The Morgan fingerprint density at radius 2 is 1.00 bits per heavy atom. The molecule has 3 N–H and O–H groups in total. The van der Waals surface area contributed by atoms with Gasteiger partial charge in [0.05, 0.1) is 13.2 Å². The van der Waals surface area contributed by atoms with Crippen LogP contribution in [-0.4, -0.2) is 34.6 Å². The molecule has 70 valence electrons. The van der Waals surface area contributed by atoms with Gasteiger partial charge in [0.15, 0.2) is 0 Å². The predicted molar refractivity (Wildman–Crippen MR) is 49.2 cm³/mol. The zero-order chi connectivity index (χ0) is 4.99. The maximum Gasteiger partial charge on any atom is 0.100 e. The molecule has 0 aromatic rings.